The molecule has 1 atom stereocenters. The van der Waals surface area contributed by atoms with E-state index < -0.39 is 23.9 Å². The van der Waals surface area contributed by atoms with E-state index in [0.717, 1.165) is 0 Å². The maximum absolute atomic E-state index is 12.5. The number of carbonyl (C=O) groups is 4. The van der Waals surface area contributed by atoms with Gasteiger partial charge in [0.2, 0.25) is 0 Å². The number of amides is 3. The minimum atomic E-state index is -0.945. The quantitative estimate of drug-likeness (QED) is 0.827. The molecule has 2 aromatic carbocycles. The first-order valence-electron chi connectivity index (χ1n) is 7.78. The van der Waals surface area contributed by atoms with Gasteiger partial charge in [-0.25, -0.2) is 4.79 Å². The molecule has 2 aliphatic rings. The topological polar surface area (TPSA) is 102 Å². The molecule has 3 amide bonds. The van der Waals surface area contributed by atoms with Gasteiger partial charge in [0.15, 0.2) is 11.9 Å². The van der Waals surface area contributed by atoms with Gasteiger partial charge in [-0.1, -0.05) is 23.3 Å². The highest BCUT2D eigenvalue weighted by molar-refractivity contribution is 6.21. The fourth-order valence-corrected chi connectivity index (χ4v) is 2.77. The molecular weight excluding hydrogens is 340 g/mol. The van der Waals surface area contributed by atoms with Crippen molar-refractivity contribution in [2.75, 3.05) is 5.32 Å². The second-order valence-corrected chi connectivity index (χ2v) is 5.76. The first kappa shape index (κ1) is 15.8. The molecule has 1 N–H and O–H groups in total. The van der Waals surface area contributed by atoms with Crippen LogP contribution in [0.25, 0.3) is 0 Å². The summed E-state index contributed by atoms with van der Waals surface area (Å²) in [5.74, 6) is -2.60. The molecule has 0 radical (unpaired) electrons. The molecule has 0 saturated carbocycles. The smallest absolute Gasteiger partial charge is 0.367 e. The molecule has 4 rings (SSSR count). The molecule has 0 aromatic heterocycles. The Labute approximate surface area is 147 Å². The fourth-order valence-electron chi connectivity index (χ4n) is 2.77. The Balaban J connectivity index is 1.63. The second-order valence-electron chi connectivity index (χ2n) is 5.76. The number of para-hydroxylation sites is 1. The van der Waals surface area contributed by atoms with Gasteiger partial charge in [0.1, 0.15) is 5.56 Å². The third kappa shape index (κ3) is 2.31. The van der Waals surface area contributed by atoms with Crippen molar-refractivity contribution in [2.24, 2.45) is 0 Å². The van der Waals surface area contributed by atoms with Gasteiger partial charge in [0.25, 0.3) is 17.7 Å². The average Bonchev–Trinajstić information content (AvgIpc) is 2.87. The van der Waals surface area contributed by atoms with Gasteiger partial charge in [-0.2, -0.15) is 0 Å². The summed E-state index contributed by atoms with van der Waals surface area (Å²) in [6, 6.07) is 10.7. The zero-order chi connectivity index (χ0) is 18.4. The molecule has 8 nitrogen and oxygen atoms in total. The Morgan fingerprint density at radius 1 is 1.04 bits per heavy atom. The summed E-state index contributed by atoms with van der Waals surface area (Å²) in [4.78, 5) is 53.9. The van der Waals surface area contributed by atoms with E-state index in [4.69, 9.17) is 9.57 Å². The van der Waals surface area contributed by atoms with Gasteiger partial charge in [-0.05, 0) is 31.2 Å². The minimum absolute atomic E-state index is 0.00842. The van der Waals surface area contributed by atoms with Gasteiger partial charge >= 0.3 is 5.97 Å². The largest absolute Gasteiger partial charge is 0.478 e. The van der Waals surface area contributed by atoms with Gasteiger partial charge in [0.05, 0.1) is 16.8 Å². The minimum Gasteiger partial charge on any atom is -0.478 e. The number of rotatable bonds is 2. The molecule has 1 unspecified atom stereocenters. The molecule has 0 saturated heterocycles. The lowest BCUT2D eigenvalue weighted by molar-refractivity contribution is -0.122. The Morgan fingerprint density at radius 2 is 1.69 bits per heavy atom. The molecule has 2 aromatic rings. The van der Waals surface area contributed by atoms with Crippen LogP contribution in [0.15, 0.2) is 42.5 Å². The highest BCUT2D eigenvalue weighted by Gasteiger charge is 2.39. The zero-order valence-electron chi connectivity index (χ0n) is 13.5. The number of hydrogen-bond acceptors (Lipinski definition) is 6. The van der Waals surface area contributed by atoms with Crippen molar-refractivity contribution >= 4 is 29.4 Å². The van der Waals surface area contributed by atoms with E-state index >= 15 is 0 Å². The van der Waals surface area contributed by atoms with Gasteiger partial charge in [-0.3, -0.25) is 14.4 Å². The highest BCUT2D eigenvalue weighted by atomic mass is 16.7. The number of carbonyl (C=O) groups excluding carboxylic acids is 4. The summed E-state index contributed by atoms with van der Waals surface area (Å²) >= 11 is 0. The molecule has 2 heterocycles. The molecule has 8 heteroatoms. The van der Waals surface area contributed by atoms with Gasteiger partial charge in [0, 0.05) is 0 Å². The van der Waals surface area contributed by atoms with E-state index in [-0.39, 0.29) is 28.3 Å². The maximum Gasteiger partial charge on any atom is 0.367 e. The van der Waals surface area contributed by atoms with E-state index in [0.29, 0.717) is 10.8 Å². The summed E-state index contributed by atoms with van der Waals surface area (Å²) in [6.45, 7) is 1.53. The zero-order valence-corrected chi connectivity index (χ0v) is 13.5. The lowest BCUT2D eigenvalue weighted by atomic mass is 10.1. The van der Waals surface area contributed by atoms with E-state index in [1.54, 1.807) is 18.2 Å². The normalized spacial score (nSPS) is 18.0. The Bertz CT molecular complexity index is 948. The number of ether oxygens (including phenoxy) is 1. The highest BCUT2D eigenvalue weighted by Crippen LogP contribution is 2.34. The molecule has 0 fully saturated rings. The van der Waals surface area contributed by atoms with Crippen LogP contribution in [0, 0.1) is 0 Å². The number of imide groups is 1. The number of nitrogens with zero attached hydrogens (tertiary/aromatic N) is 1. The summed E-state index contributed by atoms with van der Waals surface area (Å²) in [6.07, 6.45) is -0.796. The second kappa shape index (κ2) is 5.69. The summed E-state index contributed by atoms with van der Waals surface area (Å²) in [5.41, 5.74) is 0.630. The van der Waals surface area contributed by atoms with Crippen molar-refractivity contribution in [3.05, 3.63) is 59.2 Å². The van der Waals surface area contributed by atoms with Crippen molar-refractivity contribution in [3.63, 3.8) is 0 Å². The van der Waals surface area contributed by atoms with Crippen LogP contribution < -0.4 is 10.1 Å². The number of fused-ring (bicyclic) bond motifs is 2. The molecule has 26 heavy (non-hydrogen) atoms. The van der Waals surface area contributed by atoms with Crippen molar-refractivity contribution in [1.82, 2.24) is 5.06 Å². The standard InChI is InChI=1S/C18H12N2O6/c1-9-15(21)19-13-8-4-7-12(14(13)25-9)18(24)26-20-16(22)10-5-2-3-6-11(10)17(20)23/h2-9H,1H3,(H,19,21). The lowest BCUT2D eigenvalue weighted by Gasteiger charge is -2.25. The van der Waals surface area contributed by atoms with Crippen molar-refractivity contribution in [3.8, 4) is 5.75 Å². The third-order valence-electron chi connectivity index (χ3n) is 4.09. The average molecular weight is 352 g/mol. The van der Waals surface area contributed by atoms with Crippen LogP contribution in [0.4, 0.5) is 5.69 Å². The molecular formula is C18H12N2O6. The van der Waals surface area contributed by atoms with E-state index in [1.807, 2.05) is 0 Å². The predicted molar refractivity (Wildman–Crippen MR) is 87.5 cm³/mol. The fraction of sp³-hybridized carbons (Fsp3) is 0.111. The van der Waals surface area contributed by atoms with Crippen LogP contribution in [0.5, 0.6) is 5.75 Å². The molecule has 0 aliphatic carbocycles. The van der Waals surface area contributed by atoms with E-state index in [1.165, 1.54) is 31.2 Å². The van der Waals surface area contributed by atoms with Crippen LogP contribution in [0.3, 0.4) is 0 Å². The number of hydrogen-bond donors (Lipinski definition) is 1. The Hall–Kier alpha value is -3.68. The molecule has 2 aliphatic heterocycles. The van der Waals surface area contributed by atoms with E-state index in [9.17, 15) is 19.2 Å². The van der Waals surface area contributed by atoms with Crippen LogP contribution in [0.2, 0.25) is 0 Å². The molecule has 130 valence electrons. The molecule has 0 bridgehead atoms. The Kier molecular flexibility index (Phi) is 3.47. The maximum atomic E-state index is 12.5. The third-order valence-corrected chi connectivity index (χ3v) is 4.09. The number of benzene rings is 2. The van der Waals surface area contributed by atoms with Crippen LogP contribution in [-0.4, -0.2) is 34.9 Å². The summed E-state index contributed by atoms with van der Waals surface area (Å²) in [5, 5.41) is 3.04. The lowest BCUT2D eigenvalue weighted by Crippen LogP contribution is -2.36. The number of hydroxylamine groups is 2. The van der Waals surface area contributed by atoms with Crippen LogP contribution >= 0.6 is 0 Å². The van der Waals surface area contributed by atoms with Crippen molar-refractivity contribution in [1.29, 1.82) is 0 Å². The Morgan fingerprint density at radius 3 is 2.35 bits per heavy atom. The number of nitrogens with one attached hydrogen (secondary N) is 1. The van der Waals surface area contributed by atoms with Crippen LogP contribution in [-0.2, 0) is 9.63 Å². The first-order valence-corrected chi connectivity index (χ1v) is 7.78. The van der Waals surface area contributed by atoms with Crippen molar-refractivity contribution < 1.29 is 28.8 Å². The van der Waals surface area contributed by atoms with Gasteiger partial charge in [-0.15, -0.1) is 0 Å². The van der Waals surface area contributed by atoms with Gasteiger partial charge < -0.3 is 14.9 Å². The first-order chi connectivity index (χ1) is 12.5. The summed E-state index contributed by atoms with van der Waals surface area (Å²) in [7, 11) is 0. The van der Waals surface area contributed by atoms with E-state index in [2.05, 4.69) is 5.32 Å². The van der Waals surface area contributed by atoms with Crippen LogP contribution in [0.1, 0.15) is 38.0 Å². The predicted octanol–water partition coefficient (Wildman–Crippen LogP) is 1.77. The monoisotopic (exact) mass is 352 g/mol. The molecule has 0 spiro atoms. The summed E-state index contributed by atoms with van der Waals surface area (Å²) < 4.78 is 5.48. The number of anilines is 1. The SMILES string of the molecule is CC1Oc2c(cccc2C(=O)ON2C(=O)c3ccccc3C2=O)NC1=O. The van der Waals surface area contributed by atoms with Crippen molar-refractivity contribution in [2.45, 2.75) is 13.0 Å².